The number of rotatable bonds is 7. The zero-order chi connectivity index (χ0) is 13.6. The average Bonchev–Trinajstić information content (AvgIpc) is 2.68. The number of thiazole rings is 1. The lowest BCUT2D eigenvalue weighted by atomic mass is 9.89. The normalized spacial score (nSPS) is 13.8. The van der Waals surface area contributed by atoms with Gasteiger partial charge in [0.15, 0.2) is 0 Å². The van der Waals surface area contributed by atoms with E-state index in [1.54, 1.807) is 0 Å². The molecule has 2 N–H and O–H groups in total. The standard InChI is InChI=1S/C14H26N2OS/c1-5-15-11(12-10-18-13(17)16-12)8-6-7-9-14(2,3)4/h10-11,15H,5-9H2,1-4H3,(H,16,17). The molecule has 0 saturated heterocycles. The maximum Gasteiger partial charge on any atom is 0.304 e. The van der Waals surface area contributed by atoms with Crippen LogP contribution >= 0.6 is 11.3 Å². The van der Waals surface area contributed by atoms with Crippen LogP contribution in [0.15, 0.2) is 10.2 Å². The fraction of sp³-hybridized carbons (Fsp3) is 0.786. The van der Waals surface area contributed by atoms with E-state index in [2.05, 4.69) is 38.0 Å². The van der Waals surface area contributed by atoms with Gasteiger partial charge < -0.3 is 10.3 Å². The maximum absolute atomic E-state index is 11.2. The Hall–Kier alpha value is -0.610. The van der Waals surface area contributed by atoms with Gasteiger partial charge in [0.2, 0.25) is 0 Å². The van der Waals surface area contributed by atoms with Gasteiger partial charge in [0.1, 0.15) is 0 Å². The molecule has 1 heterocycles. The van der Waals surface area contributed by atoms with Gasteiger partial charge in [-0.3, -0.25) is 4.79 Å². The highest BCUT2D eigenvalue weighted by Gasteiger charge is 2.14. The van der Waals surface area contributed by atoms with Gasteiger partial charge in [-0.25, -0.2) is 0 Å². The van der Waals surface area contributed by atoms with Crippen LogP contribution in [0.25, 0.3) is 0 Å². The third kappa shape index (κ3) is 5.83. The number of aromatic nitrogens is 1. The molecule has 0 bridgehead atoms. The molecule has 0 aliphatic heterocycles. The van der Waals surface area contributed by atoms with Crippen LogP contribution < -0.4 is 10.2 Å². The van der Waals surface area contributed by atoms with E-state index >= 15 is 0 Å². The lowest BCUT2D eigenvalue weighted by Crippen LogP contribution is -2.22. The molecule has 4 heteroatoms. The molecule has 104 valence electrons. The first-order chi connectivity index (χ1) is 8.42. The van der Waals surface area contributed by atoms with Crippen molar-refractivity contribution in [2.24, 2.45) is 5.41 Å². The van der Waals surface area contributed by atoms with E-state index < -0.39 is 0 Å². The van der Waals surface area contributed by atoms with Crippen molar-refractivity contribution in [1.82, 2.24) is 10.3 Å². The fourth-order valence-corrected chi connectivity index (χ4v) is 2.71. The number of unbranched alkanes of at least 4 members (excludes halogenated alkanes) is 1. The van der Waals surface area contributed by atoms with E-state index in [-0.39, 0.29) is 4.87 Å². The van der Waals surface area contributed by atoms with Gasteiger partial charge in [-0.05, 0) is 24.8 Å². The van der Waals surface area contributed by atoms with E-state index in [0.29, 0.717) is 11.5 Å². The number of H-pyrrole nitrogens is 1. The molecule has 0 spiro atoms. The number of nitrogens with one attached hydrogen (secondary N) is 2. The molecule has 0 amide bonds. The van der Waals surface area contributed by atoms with E-state index in [9.17, 15) is 4.79 Å². The maximum atomic E-state index is 11.2. The van der Waals surface area contributed by atoms with E-state index in [1.807, 2.05) is 5.38 Å². The van der Waals surface area contributed by atoms with E-state index in [4.69, 9.17) is 0 Å². The minimum Gasteiger partial charge on any atom is -0.315 e. The van der Waals surface area contributed by atoms with Gasteiger partial charge in [-0.1, -0.05) is 51.9 Å². The van der Waals surface area contributed by atoms with E-state index in [1.165, 1.54) is 30.6 Å². The molecule has 0 aromatic carbocycles. The van der Waals surface area contributed by atoms with Gasteiger partial charge in [0.25, 0.3) is 0 Å². The summed E-state index contributed by atoms with van der Waals surface area (Å²) in [5.41, 5.74) is 1.47. The molecular weight excluding hydrogens is 244 g/mol. The summed E-state index contributed by atoms with van der Waals surface area (Å²) >= 11 is 1.25. The topological polar surface area (TPSA) is 44.9 Å². The second kappa shape index (κ2) is 7.10. The van der Waals surface area contributed by atoms with Crippen molar-refractivity contribution >= 4 is 11.3 Å². The Balaban J connectivity index is 2.42. The van der Waals surface area contributed by atoms with Gasteiger partial charge in [-0.2, -0.15) is 0 Å². The third-order valence-corrected chi connectivity index (χ3v) is 3.72. The molecule has 1 atom stereocenters. The minimum atomic E-state index is 0.0441. The minimum absolute atomic E-state index is 0.0441. The first-order valence-electron chi connectivity index (χ1n) is 6.83. The molecule has 1 aromatic rings. The van der Waals surface area contributed by atoms with Crippen molar-refractivity contribution in [3.63, 3.8) is 0 Å². The molecule has 3 nitrogen and oxygen atoms in total. The quantitative estimate of drug-likeness (QED) is 0.742. The van der Waals surface area contributed by atoms with Crippen molar-refractivity contribution in [2.75, 3.05) is 6.54 Å². The van der Waals surface area contributed by atoms with Crippen LogP contribution in [-0.2, 0) is 0 Å². The largest absolute Gasteiger partial charge is 0.315 e. The molecule has 0 aliphatic carbocycles. The van der Waals surface area contributed by atoms with Gasteiger partial charge >= 0.3 is 4.87 Å². The van der Waals surface area contributed by atoms with Crippen LogP contribution in [0.4, 0.5) is 0 Å². The Bertz CT molecular complexity index is 389. The first kappa shape index (κ1) is 15.4. The van der Waals surface area contributed by atoms with E-state index in [0.717, 1.165) is 18.7 Å². The zero-order valence-corrected chi connectivity index (χ0v) is 12.8. The molecule has 0 aliphatic rings. The van der Waals surface area contributed by atoms with Crippen LogP contribution in [-0.4, -0.2) is 11.5 Å². The van der Waals surface area contributed by atoms with Crippen LogP contribution in [0, 0.1) is 5.41 Å². The second-order valence-electron chi connectivity index (χ2n) is 6.02. The summed E-state index contributed by atoms with van der Waals surface area (Å²) in [5, 5.41) is 5.39. The second-order valence-corrected chi connectivity index (χ2v) is 6.86. The lowest BCUT2D eigenvalue weighted by molar-refractivity contribution is 0.350. The van der Waals surface area contributed by atoms with Crippen molar-refractivity contribution in [1.29, 1.82) is 0 Å². The van der Waals surface area contributed by atoms with Gasteiger partial charge in [0, 0.05) is 17.1 Å². The van der Waals surface area contributed by atoms with Gasteiger partial charge in [-0.15, -0.1) is 0 Å². The highest BCUT2D eigenvalue weighted by molar-refractivity contribution is 7.07. The third-order valence-electron chi connectivity index (χ3n) is 3.03. The Labute approximate surface area is 114 Å². The Morgan fingerprint density at radius 2 is 2.11 bits per heavy atom. The van der Waals surface area contributed by atoms with Gasteiger partial charge in [0.05, 0.1) is 0 Å². The predicted molar refractivity (Wildman–Crippen MR) is 79.3 cm³/mol. The molecule has 0 radical (unpaired) electrons. The Kier molecular flexibility index (Phi) is 6.09. The first-order valence-corrected chi connectivity index (χ1v) is 7.71. The highest BCUT2D eigenvalue weighted by Crippen LogP contribution is 2.24. The lowest BCUT2D eigenvalue weighted by Gasteiger charge is -2.20. The summed E-state index contributed by atoms with van der Waals surface area (Å²) in [6.45, 7) is 9.88. The zero-order valence-electron chi connectivity index (χ0n) is 12.0. The summed E-state index contributed by atoms with van der Waals surface area (Å²) in [6.07, 6.45) is 4.80. The highest BCUT2D eigenvalue weighted by atomic mass is 32.1. The number of hydrogen-bond acceptors (Lipinski definition) is 3. The summed E-state index contributed by atoms with van der Waals surface area (Å²) < 4.78 is 0. The number of aromatic amines is 1. The Morgan fingerprint density at radius 1 is 1.39 bits per heavy atom. The van der Waals surface area contributed by atoms with Crippen LogP contribution in [0.2, 0.25) is 0 Å². The summed E-state index contributed by atoms with van der Waals surface area (Å²) in [4.78, 5) is 14.2. The van der Waals surface area contributed by atoms with Crippen molar-refractivity contribution in [2.45, 2.75) is 59.4 Å². The van der Waals surface area contributed by atoms with Crippen LogP contribution in [0.1, 0.15) is 65.1 Å². The molecule has 1 rings (SSSR count). The smallest absolute Gasteiger partial charge is 0.304 e. The molecule has 0 fully saturated rings. The predicted octanol–water partition coefficient (Wildman–Crippen LogP) is 3.69. The summed E-state index contributed by atoms with van der Waals surface area (Å²) in [6, 6.07) is 0.300. The van der Waals surface area contributed by atoms with Crippen LogP contribution in [0.5, 0.6) is 0 Å². The molecule has 1 unspecified atom stereocenters. The molecule has 18 heavy (non-hydrogen) atoms. The monoisotopic (exact) mass is 270 g/mol. The van der Waals surface area contributed by atoms with Crippen molar-refractivity contribution in [3.8, 4) is 0 Å². The average molecular weight is 270 g/mol. The molecule has 1 aromatic heterocycles. The number of hydrogen-bond donors (Lipinski definition) is 2. The van der Waals surface area contributed by atoms with Crippen molar-refractivity contribution in [3.05, 3.63) is 20.7 Å². The molecule has 0 saturated carbocycles. The van der Waals surface area contributed by atoms with Crippen molar-refractivity contribution < 1.29 is 0 Å². The summed E-state index contributed by atoms with van der Waals surface area (Å²) in [5.74, 6) is 0. The van der Waals surface area contributed by atoms with Crippen LogP contribution in [0.3, 0.4) is 0 Å². The summed E-state index contributed by atoms with van der Waals surface area (Å²) in [7, 11) is 0. The fourth-order valence-electron chi connectivity index (χ4n) is 2.08. The molecular formula is C14H26N2OS. The SMILES string of the molecule is CCNC(CCCCC(C)(C)C)c1csc(=O)[nH]1. The Morgan fingerprint density at radius 3 is 2.61 bits per heavy atom.